The fourth-order valence-electron chi connectivity index (χ4n) is 3.97. The Bertz CT molecular complexity index is 1030. The molecule has 148 valence electrons. The lowest BCUT2D eigenvalue weighted by Crippen LogP contribution is -2.27. The van der Waals surface area contributed by atoms with Crippen molar-refractivity contribution >= 4 is 11.8 Å². The number of amides is 1. The highest BCUT2D eigenvalue weighted by Crippen LogP contribution is 2.46. The van der Waals surface area contributed by atoms with E-state index in [4.69, 9.17) is 9.78 Å². The van der Waals surface area contributed by atoms with Gasteiger partial charge in [0.15, 0.2) is 0 Å². The van der Waals surface area contributed by atoms with Gasteiger partial charge in [0, 0.05) is 24.8 Å². The van der Waals surface area contributed by atoms with Crippen molar-refractivity contribution in [3.63, 3.8) is 0 Å². The first-order valence-electron chi connectivity index (χ1n) is 9.49. The molecule has 0 saturated heterocycles. The van der Waals surface area contributed by atoms with E-state index in [1.165, 1.54) is 12.1 Å². The van der Waals surface area contributed by atoms with E-state index in [2.05, 4.69) is 10.5 Å². The predicted octanol–water partition coefficient (Wildman–Crippen LogP) is 4.45. The van der Waals surface area contributed by atoms with Gasteiger partial charge in [-0.05, 0) is 42.9 Å². The zero-order valence-electron chi connectivity index (χ0n) is 15.5. The Labute approximate surface area is 166 Å². The number of rotatable bonds is 5. The number of alkyl halides is 2. The Kier molecular flexibility index (Phi) is 4.79. The average molecular weight is 396 g/mol. The first-order valence-corrected chi connectivity index (χ1v) is 9.49. The number of carbonyl (C=O) groups excluding carboxylic acids is 1. The number of carbonyl (C=O) groups is 1. The normalized spacial score (nSPS) is 21.2. The van der Waals surface area contributed by atoms with Gasteiger partial charge in [-0.2, -0.15) is 10.5 Å². The second-order valence-corrected chi connectivity index (χ2v) is 7.74. The summed E-state index contributed by atoms with van der Waals surface area (Å²) in [5.74, 6) is -4.25. The SMILES string of the molecule is N#Cc1ccc(C(C(=O)Nc2cc(C3CC3)no2)C2CCC(F)(F)C2)cc1C#N. The fraction of sp³-hybridized carbons (Fsp3) is 0.429. The third-order valence-corrected chi connectivity index (χ3v) is 5.61. The van der Waals surface area contributed by atoms with E-state index in [1.54, 1.807) is 12.1 Å². The molecule has 2 fully saturated rings. The zero-order chi connectivity index (χ0) is 20.6. The van der Waals surface area contributed by atoms with Gasteiger partial charge in [0.2, 0.25) is 17.7 Å². The van der Waals surface area contributed by atoms with Gasteiger partial charge in [-0.15, -0.1) is 0 Å². The van der Waals surface area contributed by atoms with Crippen LogP contribution in [0.1, 0.15) is 66.3 Å². The maximum Gasteiger partial charge on any atom is 0.248 e. The van der Waals surface area contributed by atoms with Gasteiger partial charge in [0.25, 0.3) is 0 Å². The molecular formula is C21H18F2N4O2. The van der Waals surface area contributed by atoms with Gasteiger partial charge in [-0.1, -0.05) is 11.2 Å². The maximum atomic E-state index is 13.9. The van der Waals surface area contributed by atoms with Crippen LogP contribution in [0.2, 0.25) is 0 Å². The number of hydrogen-bond acceptors (Lipinski definition) is 5. The number of halogens is 2. The highest BCUT2D eigenvalue weighted by molar-refractivity contribution is 5.95. The molecule has 8 heteroatoms. The number of nitrogens with one attached hydrogen (secondary N) is 1. The zero-order valence-corrected chi connectivity index (χ0v) is 15.5. The monoisotopic (exact) mass is 396 g/mol. The molecule has 6 nitrogen and oxygen atoms in total. The Hall–Kier alpha value is -3.26. The summed E-state index contributed by atoms with van der Waals surface area (Å²) in [6.07, 6.45) is 1.56. The minimum Gasteiger partial charge on any atom is -0.338 e. The first kappa shape index (κ1) is 19.1. The molecule has 1 heterocycles. The Morgan fingerprint density at radius 3 is 2.59 bits per heavy atom. The van der Waals surface area contributed by atoms with Gasteiger partial charge in [0.1, 0.15) is 12.1 Å². The molecule has 2 aliphatic carbocycles. The van der Waals surface area contributed by atoms with Crippen molar-refractivity contribution in [2.75, 3.05) is 5.32 Å². The minimum atomic E-state index is -2.82. The minimum absolute atomic E-state index is 0.114. The van der Waals surface area contributed by atoms with E-state index in [1.807, 2.05) is 12.1 Å². The van der Waals surface area contributed by atoms with Crippen molar-refractivity contribution in [3.05, 3.63) is 46.6 Å². The quantitative estimate of drug-likeness (QED) is 0.804. The molecular weight excluding hydrogens is 378 g/mol. The molecule has 0 spiro atoms. The summed E-state index contributed by atoms with van der Waals surface area (Å²) in [7, 11) is 0. The average Bonchev–Trinajstić information content (AvgIpc) is 3.35. The van der Waals surface area contributed by atoms with E-state index in [0.29, 0.717) is 11.5 Å². The summed E-state index contributed by atoms with van der Waals surface area (Å²) < 4.78 is 32.9. The Balaban J connectivity index is 1.63. The van der Waals surface area contributed by atoms with Crippen LogP contribution in [-0.4, -0.2) is 17.0 Å². The molecule has 0 aliphatic heterocycles. The predicted molar refractivity (Wildman–Crippen MR) is 98.0 cm³/mol. The fourth-order valence-corrected chi connectivity index (χ4v) is 3.97. The van der Waals surface area contributed by atoms with E-state index in [-0.39, 0.29) is 29.9 Å². The molecule has 1 N–H and O–H groups in total. The van der Waals surface area contributed by atoms with Crippen molar-refractivity contribution in [3.8, 4) is 12.1 Å². The number of benzene rings is 1. The molecule has 2 aromatic rings. The first-order chi connectivity index (χ1) is 13.9. The highest BCUT2D eigenvalue weighted by atomic mass is 19.3. The third-order valence-electron chi connectivity index (χ3n) is 5.61. The van der Waals surface area contributed by atoms with E-state index >= 15 is 0 Å². The third kappa shape index (κ3) is 3.97. The summed E-state index contributed by atoms with van der Waals surface area (Å²) in [4.78, 5) is 13.1. The summed E-state index contributed by atoms with van der Waals surface area (Å²) in [6, 6.07) is 9.95. The molecule has 1 amide bonds. The van der Waals surface area contributed by atoms with Gasteiger partial charge < -0.3 is 4.52 Å². The number of anilines is 1. The lowest BCUT2D eigenvalue weighted by Gasteiger charge is -2.23. The standard InChI is InChI=1S/C21H18F2N4O2/c22-21(23)6-5-14(9-21)19(13-3-4-15(10-24)16(7-13)11-25)20(28)26-18-8-17(27-29-18)12-1-2-12/h3-4,7-8,12,14,19H,1-2,5-6,9H2,(H,26,28). The second kappa shape index (κ2) is 7.29. The summed E-state index contributed by atoms with van der Waals surface area (Å²) in [5, 5.41) is 25.0. The van der Waals surface area contributed by atoms with Crippen LogP contribution in [-0.2, 0) is 4.79 Å². The topological polar surface area (TPSA) is 103 Å². The molecule has 4 rings (SSSR count). The summed E-state index contributed by atoms with van der Waals surface area (Å²) in [6.45, 7) is 0. The van der Waals surface area contributed by atoms with Crippen molar-refractivity contribution < 1.29 is 18.1 Å². The van der Waals surface area contributed by atoms with E-state index in [0.717, 1.165) is 18.5 Å². The molecule has 2 aliphatic rings. The van der Waals surface area contributed by atoms with Gasteiger partial charge in [-0.3, -0.25) is 10.1 Å². The molecule has 2 atom stereocenters. The lowest BCUT2D eigenvalue weighted by atomic mass is 9.83. The van der Waals surface area contributed by atoms with E-state index in [9.17, 15) is 18.8 Å². The maximum absolute atomic E-state index is 13.9. The molecule has 2 saturated carbocycles. The Morgan fingerprint density at radius 1 is 1.21 bits per heavy atom. The van der Waals surface area contributed by atoms with Crippen molar-refractivity contribution in [2.24, 2.45) is 5.92 Å². The van der Waals surface area contributed by atoms with E-state index < -0.39 is 30.1 Å². The number of nitriles is 2. The van der Waals surface area contributed by atoms with Crippen LogP contribution in [0.5, 0.6) is 0 Å². The van der Waals surface area contributed by atoms with Crippen LogP contribution in [0.4, 0.5) is 14.7 Å². The smallest absolute Gasteiger partial charge is 0.248 e. The highest BCUT2D eigenvalue weighted by Gasteiger charge is 2.45. The van der Waals surface area contributed by atoms with Gasteiger partial charge in [0.05, 0.1) is 22.7 Å². The van der Waals surface area contributed by atoms with Crippen LogP contribution in [0.3, 0.4) is 0 Å². The lowest BCUT2D eigenvalue weighted by molar-refractivity contribution is -0.119. The molecule has 0 radical (unpaired) electrons. The van der Waals surface area contributed by atoms with Crippen molar-refractivity contribution in [1.29, 1.82) is 10.5 Å². The number of aromatic nitrogens is 1. The van der Waals surface area contributed by atoms with Crippen LogP contribution < -0.4 is 5.32 Å². The molecule has 2 unspecified atom stereocenters. The van der Waals surface area contributed by atoms with Gasteiger partial charge >= 0.3 is 0 Å². The molecule has 1 aromatic carbocycles. The van der Waals surface area contributed by atoms with Crippen molar-refractivity contribution in [2.45, 2.75) is 49.9 Å². The summed E-state index contributed by atoms with van der Waals surface area (Å²) in [5.41, 5.74) is 1.50. The Morgan fingerprint density at radius 2 is 1.97 bits per heavy atom. The largest absolute Gasteiger partial charge is 0.338 e. The number of hydrogen-bond donors (Lipinski definition) is 1. The molecule has 1 aromatic heterocycles. The van der Waals surface area contributed by atoms with Gasteiger partial charge in [-0.25, -0.2) is 8.78 Å². The van der Waals surface area contributed by atoms with Crippen LogP contribution >= 0.6 is 0 Å². The number of nitrogens with zero attached hydrogens (tertiary/aromatic N) is 3. The van der Waals surface area contributed by atoms with Crippen molar-refractivity contribution in [1.82, 2.24) is 5.16 Å². The second-order valence-electron chi connectivity index (χ2n) is 7.74. The molecule has 29 heavy (non-hydrogen) atoms. The van der Waals surface area contributed by atoms with Crippen LogP contribution in [0.25, 0.3) is 0 Å². The molecule has 0 bridgehead atoms. The summed E-state index contributed by atoms with van der Waals surface area (Å²) >= 11 is 0. The van der Waals surface area contributed by atoms with Crippen LogP contribution in [0.15, 0.2) is 28.8 Å². The van der Waals surface area contributed by atoms with Crippen LogP contribution in [0, 0.1) is 28.6 Å².